The summed E-state index contributed by atoms with van der Waals surface area (Å²) < 4.78 is 4.84. The van der Waals surface area contributed by atoms with Crippen LogP contribution in [0.2, 0.25) is 0 Å². The molecule has 0 aliphatic carbocycles. The Labute approximate surface area is 138 Å². The van der Waals surface area contributed by atoms with Gasteiger partial charge < -0.3 is 4.74 Å². The van der Waals surface area contributed by atoms with Crippen molar-refractivity contribution >= 4 is 5.97 Å². The number of esters is 1. The fourth-order valence-corrected chi connectivity index (χ4v) is 2.83. The molecule has 2 rings (SSSR count). The molecule has 0 bridgehead atoms. The Morgan fingerprint density at radius 1 is 1.00 bits per heavy atom. The molecule has 23 heavy (non-hydrogen) atoms. The van der Waals surface area contributed by atoms with Crippen LogP contribution in [0.5, 0.6) is 0 Å². The van der Waals surface area contributed by atoms with Crippen molar-refractivity contribution in [3.63, 3.8) is 0 Å². The maximum absolute atomic E-state index is 11.7. The molecule has 0 aliphatic heterocycles. The Morgan fingerprint density at radius 3 is 2.13 bits per heavy atom. The molecule has 0 fully saturated rings. The van der Waals surface area contributed by atoms with Gasteiger partial charge in [-0.1, -0.05) is 60.7 Å². The van der Waals surface area contributed by atoms with E-state index in [4.69, 9.17) is 4.74 Å². The molecule has 2 atom stereocenters. The van der Waals surface area contributed by atoms with Gasteiger partial charge in [-0.2, -0.15) is 0 Å². The lowest BCUT2D eigenvalue weighted by molar-refractivity contribution is -0.142. The Hall–Kier alpha value is -2.13. The van der Waals surface area contributed by atoms with Crippen LogP contribution in [0.3, 0.4) is 0 Å². The van der Waals surface area contributed by atoms with Crippen LogP contribution in [-0.4, -0.2) is 24.0 Å². The SMILES string of the molecule is COC(=O)CC(C)N(Cc1ccccc1)C(C)c1ccccc1. The number of methoxy groups -OCH3 is 1. The van der Waals surface area contributed by atoms with Gasteiger partial charge >= 0.3 is 5.97 Å². The molecule has 0 aromatic heterocycles. The van der Waals surface area contributed by atoms with E-state index >= 15 is 0 Å². The first-order chi connectivity index (χ1) is 11.1. The molecule has 3 nitrogen and oxygen atoms in total. The third-order valence-corrected chi connectivity index (χ3v) is 4.24. The lowest BCUT2D eigenvalue weighted by Gasteiger charge is -2.34. The number of benzene rings is 2. The van der Waals surface area contributed by atoms with Crippen LogP contribution in [0, 0.1) is 0 Å². The Morgan fingerprint density at radius 2 is 1.57 bits per heavy atom. The van der Waals surface area contributed by atoms with Crippen LogP contribution < -0.4 is 0 Å². The summed E-state index contributed by atoms with van der Waals surface area (Å²) in [5.41, 5.74) is 2.49. The Bertz CT molecular complexity index is 598. The average molecular weight is 311 g/mol. The molecule has 0 aliphatic rings. The van der Waals surface area contributed by atoms with Crippen molar-refractivity contribution in [2.24, 2.45) is 0 Å². The van der Waals surface area contributed by atoms with E-state index in [1.165, 1.54) is 18.2 Å². The lowest BCUT2D eigenvalue weighted by Crippen LogP contribution is -2.36. The molecule has 0 heterocycles. The van der Waals surface area contributed by atoms with Crippen molar-refractivity contribution in [1.82, 2.24) is 4.90 Å². The Balaban J connectivity index is 2.21. The zero-order valence-electron chi connectivity index (χ0n) is 14.1. The molecule has 0 amide bonds. The quantitative estimate of drug-likeness (QED) is 0.718. The first kappa shape index (κ1) is 17.2. The smallest absolute Gasteiger partial charge is 0.307 e. The van der Waals surface area contributed by atoms with Gasteiger partial charge in [0.1, 0.15) is 0 Å². The maximum atomic E-state index is 11.7. The number of hydrogen-bond acceptors (Lipinski definition) is 3. The summed E-state index contributed by atoms with van der Waals surface area (Å²) in [5.74, 6) is -0.171. The van der Waals surface area contributed by atoms with Crippen molar-refractivity contribution in [2.45, 2.75) is 38.9 Å². The average Bonchev–Trinajstić information content (AvgIpc) is 2.60. The fraction of sp³-hybridized carbons (Fsp3) is 0.350. The van der Waals surface area contributed by atoms with Crippen LogP contribution in [0.25, 0.3) is 0 Å². The summed E-state index contributed by atoms with van der Waals surface area (Å²) in [6.07, 6.45) is 0.389. The van der Waals surface area contributed by atoms with Gasteiger partial charge in [-0.3, -0.25) is 9.69 Å². The maximum Gasteiger partial charge on any atom is 0.307 e. The number of nitrogens with zero attached hydrogens (tertiary/aromatic N) is 1. The van der Waals surface area contributed by atoms with Crippen LogP contribution in [0.1, 0.15) is 37.4 Å². The van der Waals surface area contributed by atoms with Crippen molar-refractivity contribution in [3.05, 3.63) is 71.8 Å². The number of carbonyl (C=O) groups excluding carboxylic acids is 1. The molecule has 3 heteroatoms. The minimum Gasteiger partial charge on any atom is -0.469 e. The van der Waals surface area contributed by atoms with Crippen LogP contribution in [0.15, 0.2) is 60.7 Å². The van der Waals surface area contributed by atoms with Gasteiger partial charge in [0.25, 0.3) is 0 Å². The molecule has 0 spiro atoms. The second kappa shape index (κ2) is 8.49. The fourth-order valence-electron chi connectivity index (χ4n) is 2.83. The third kappa shape index (κ3) is 4.93. The molecule has 0 radical (unpaired) electrons. The molecule has 2 unspecified atom stereocenters. The minimum atomic E-state index is -0.171. The van der Waals surface area contributed by atoms with Gasteiger partial charge in [-0.15, -0.1) is 0 Å². The van der Waals surface area contributed by atoms with Gasteiger partial charge in [0.2, 0.25) is 0 Å². The first-order valence-corrected chi connectivity index (χ1v) is 8.03. The van der Waals surface area contributed by atoms with E-state index in [1.54, 1.807) is 0 Å². The van der Waals surface area contributed by atoms with Crippen LogP contribution in [-0.2, 0) is 16.1 Å². The summed E-state index contributed by atoms with van der Waals surface area (Å²) in [5, 5.41) is 0. The van der Waals surface area contributed by atoms with Crippen molar-refractivity contribution in [2.75, 3.05) is 7.11 Å². The molecule has 0 saturated heterocycles. The number of carbonyl (C=O) groups is 1. The summed E-state index contributed by atoms with van der Waals surface area (Å²) in [6, 6.07) is 21.1. The van der Waals surface area contributed by atoms with Gasteiger partial charge in [-0.25, -0.2) is 0 Å². The third-order valence-electron chi connectivity index (χ3n) is 4.24. The second-order valence-electron chi connectivity index (χ2n) is 5.87. The predicted molar refractivity (Wildman–Crippen MR) is 92.9 cm³/mol. The van der Waals surface area contributed by atoms with E-state index in [0.29, 0.717) is 6.42 Å². The molecular weight excluding hydrogens is 286 g/mol. The highest BCUT2D eigenvalue weighted by molar-refractivity contribution is 5.69. The van der Waals surface area contributed by atoms with Gasteiger partial charge in [0.15, 0.2) is 0 Å². The van der Waals surface area contributed by atoms with E-state index in [1.807, 2.05) is 24.3 Å². The second-order valence-corrected chi connectivity index (χ2v) is 5.87. The summed E-state index contributed by atoms with van der Waals surface area (Å²) >= 11 is 0. The zero-order valence-corrected chi connectivity index (χ0v) is 14.1. The van der Waals surface area contributed by atoms with E-state index in [0.717, 1.165) is 6.54 Å². The lowest BCUT2D eigenvalue weighted by atomic mass is 10.0. The zero-order chi connectivity index (χ0) is 16.7. The topological polar surface area (TPSA) is 29.5 Å². The van der Waals surface area contributed by atoms with E-state index in [9.17, 15) is 4.79 Å². The van der Waals surface area contributed by atoms with Crippen LogP contribution in [0.4, 0.5) is 0 Å². The first-order valence-electron chi connectivity index (χ1n) is 8.03. The molecule has 2 aromatic carbocycles. The highest BCUT2D eigenvalue weighted by Crippen LogP contribution is 2.26. The summed E-state index contributed by atoms with van der Waals surface area (Å²) in [7, 11) is 1.44. The number of hydrogen-bond donors (Lipinski definition) is 0. The highest BCUT2D eigenvalue weighted by Gasteiger charge is 2.23. The molecule has 0 N–H and O–H groups in total. The Kier molecular flexibility index (Phi) is 6.36. The molecular formula is C20H25NO2. The minimum absolute atomic E-state index is 0.0952. The van der Waals surface area contributed by atoms with Crippen molar-refractivity contribution in [3.8, 4) is 0 Å². The van der Waals surface area contributed by atoms with Gasteiger partial charge in [-0.05, 0) is 25.0 Å². The molecule has 122 valence electrons. The summed E-state index contributed by atoms with van der Waals surface area (Å²) in [6.45, 7) is 5.07. The van der Waals surface area contributed by atoms with Crippen LogP contribution >= 0.6 is 0 Å². The van der Waals surface area contributed by atoms with Gasteiger partial charge in [0, 0.05) is 18.6 Å². The highest BCUT2D eigenvalue weighted by atomic mass is 16.5. The normalized spacial score (nSPS) is 13.6. The standard InChI is InChI=1S/C20H25NO2/c1-16(14-20(22)23-3)21(15-18-10-6-4-7-11-18)17(2)19-12-8-5-9-13-19/h4-13,16-17H,14-15H2,1-3H3. The summed E-state index contributed by atoms with van der Waals surface area (Å²) in [4.78, 5) is 14.0. The van der Waals surface area contributed by atoms with E-state index in [2.05, 4.69) is 55.1 Å². The molecule has 2 aromatic rings. The van der Waals surface area contributed by atoms with Crippen molar-refractivity contribution in [1.29, 1.82) is 0 Å². The van der Waals surface area contributed by atoms with Crippen molar-refractivity contribution < 1.29 is 9.53 Å². The number of rotatable bonds is 7. The van der Waals surface area contributed by atoms with E-state index < -0.39 is 0 Å². The van der Waals surface area contributed by atoms with E-state index in [-0.39, 0.29) is 18.1 Å². The predicted octanol–water partition coefficient (Wildman–Crippen LogP) is 4.20. The van der Waals surface area contributed by atoms with Gasteiger partial charge in [0.05, 0.1) is 13.5 Å². The monoisotopic (exact) mass is 311 g/mol. The number of ether oxygens (including phenoxy) is 1. The largest absolute Gasteiger partial charge is 0.469 e. The molecule has 0 saturated carbocycles.